The molecule has 3 rings (SSSR count). The first kappa shape index (κ1) is 22.5. The summed E-state index contributed by atoms with van der Waals surface area (Å²) >= 11 is 17.9. The molecule has 0 saturated heterocycles. The van der Waals surface area contributed by atoms with Crippen LogP contribution in [-0.4, -0.2) is 24.3 Å². The quantitative estimate of drug-likeness (QED) is 0.297. The zero-order valence-electron chi connectivity index (χ0n) is 16.0. The van der Waals surface area contributed by atoms with Crippen molar-refractivity contribution >= 4 is 59.1 Å². The van der Waals surface area contributed by atoms with E-state index >= 15 is 0 Å². The van der Waals surface area contributed by atoms with E-state index in [0.29, 0.717) is 20.6 Å². The van der Waals surface area contributed by atoms with Gasteiger partial charge in [-0.2, -0.15) is 10.2 Å². The van der Waals surface area contributed by atoms with Crippen LogP contribution in [0.1, 0.15) is 21.5 Å². The van der Waals surface area contributed by atoms with Gasteiger partial charge in [0.1, 0.15) is 0 Å². The van der Waals surface area contributed by atoms with E-state index in [1.54, 1.807) is 79.0 Å². The monoisotopic (exact) mass is 471 g/mol. The van der Waals surface area contributed by atoms with Gasteiger partial charge in [-0.3, -0.25) is 10.1 Å². The maximum absolute atomic E-state index is 12.6. The number of nitrogens with zero attached hydrogens (tertiary/aromatic N) is 3. The van der Waals surface area contributed by atoms with E-state index in [-0.39, 0.29) is 5.96 Å². The summed E-state index contributed by atoms with van der Waals surface area (Å²) in [5, 5.41) is 16.3. The summed E-state index contributed by atoms with van der Waals surface area (Å²) in [6, 6.07) is 20.8. The van der Waals surface area contributed by atoms with Gasteiger partial charge in [0.05, 0.1) is 23.0 Å². The predicted molar refractivity (Wildman–Crippen MR) is 128 cm³/mol. The first-order valence-electron chi connectivity index (χ1n) is 8.98. The minimum Gasteiger partial charge on any atom is -0.289 e. The Balaban J connectivity index is 1.76. The van der Waals surface area contributed by atoms with Crippen molar-refractivity contribution in [2.75, 3.05) is 0 Å². The smallest absolute Gasteiger partial charge is 0.259 e. The standard InChI is InChI=1S/C22H16Cl3N5O/c23-17-9-5-15(6-10-17)13-26-29-22(28-21(31)19-3-1-2-4-20(19)25)30-27-14-16-7-11-18(24)12-8-16/h1-14H,(H2,28,29,30,31)/b26-13+,27-14+. The van der Waals surface area contributed by atoms with Gasteiger partial charge in [0.15, 0.2) is 0 Å². The van der Waals surface area contributed by atoms with Crippen molar-refractivity contribution in [2.24, 2.45) is 15.3 Å². The second kappa shape index (κ2) is 11.3. The van der Waals surface area contributed by atoms with Crippen molar-refractivity contribution in [1.29, 1.82) is 0 Å². The van der Waals surface area contributed by atoms with E-state index in [1.807, 2.05) is 0 Å². The van der Waals surface area contributed by atoms with E-state index in [1.165, 1.54) is 6.21 Å². The fourth-order valence-corrected chi connectivity index (χ4v) is 2.79. The summed E-state index contributed by atoms with van der Waals surface area (Å²) in [5.41, 5.74) is 4.56. The Morgan fingerprint density at radius 3 is 1.97 bits per heavy atom. The molecule has 0 heterocycles. The minimum atomic E-state index is -0.458. The van der Waals surface area contributed by atoms with Crippen molar-refractivity contribution in [1.82, 2.24) is 10.7 Å². The molecule has 0 bridgehead atoms. The van der Waals surface area contributed by atoms with Crippen molar-refractivity contribution in [3.63, 3.8) is 0 Å². The molecule has 9 heteroatoms. The highest BCUT2D eigenvalue weighted by molar-refractivity contribution is 6.34. The van der Waals surface area contributed by atoms with Crippen molar-refractivity contribution < 1.29 is 4.79 Å². The molecule has 0 atom stereocenters. The molecule has 0 aliphatic heterocycles. The fourth-order valence-electron chi connectivity index (χ4n) is 2.31. The molecule has 3 aromatic rings. The maximum atomic E-state index is 12.6. The Labute approximate surface area is 194 Å². The number of amides is 1. The van der Waals surface area contributed by atoms with Crippen molar-refractivity contribution in [3.05, 3.63) is 105 Å². The van der Waals surface area contributed by atoms with Gasteiger partial charge >= 0.3 is 0 Å². The Bertz CT molecular complexity index is 1130. The van der Waals surface area contributed by atoms with Crippen LogP contribution in [0.2, 0.25) is 15.1 Å². The first-order valence-corrected chi connectivity index (χ1v) is 10.1. The molecule has 0 aliphatic carbocycles. The lowest BCUT2D eigenvalue weighted by atomic mass is 10.2. The zero-order chi connectivity index (χ0) is 22.1. The lowest BCUT2D eigenvalue weighted by Gasteiger charge is -2.07. The number of hydrogen-bond donors (Lipinski definition) is 2. The summed E-state index contributed by atoms with van der Waals surface area (Å²) in [6.45, 7) is 0. The predicted octanol–water partition coefficient (Wildman–Crippen LogP) is 5.39. The van der Waals surface area contributed by atoms with E-state index < -0.39 is 5.91 Å². The third-order valence-corrected chi connectivity index (χ3v) is 4.67. The highest BCUT2D eigenvalue weighted by Gasteiger charge is 2.11. The van der Waals surface area contributed by atoms with Gasteiger partial charge in [-0.05, 0) is 47.5 Å². The molecule has 156 valence electrons. The van der Waals surface area contributed by atoms with Crippen molar-refractivity contribution in [2.45, 2.75) is 0 Å². The Kier molecular flexibility index (Phi) is 8.18. The number of hydrazone groups is 1. The van der Waals surface area contributed by atoms with Crippen LogP contribution in [-0.2, 0) is 0 Å². The molecule has 1 amide bonds. The topological polar surface area (TPSA) is 78.2 Å². The third kappa shape index (κ3) is 7.22. The van der Waals surface area contributed by atoms with Gasteiger partial charge in [-0.15, -0.1) is 5.10 Å². The lowest BCUT2D eigenvalue weighted by molar-refractivity contribution is 0.0976. The molecule has 0 aromatic heterocycles. The number of guanidine groups is 1. The number of rotatable bonds is 5. The molecule has 6 nitrogen and oxygen atoms in total. The molecule has 2 N–H and O–H groups in total. The molecule has 31 heavy (non-hydrogen) atoms. The second-order valence-electron chi connectivity index (χ2n) is 6.10. The Morgan fingerprint density at radius 1 is 0.774 bits per heavy atom. The third-order valence-electron chi connectivity index (χ3n) is 3.84. The normalized spacial score (nSPS) is 11.8. The summed E-state index contributed by atoms with van der Waals surface area (Å²) < 4.78 is 0. The van der Waals surface area contributed by atoms with Gasteiger partial charge in [0.25, 0.3) is 5.91 Å². The van der Waals surface area contributed by atoms with Crippen LogP contribution in [0.4, 0.5) is 0 Å². The highest BCUT2D eigenvalue weighted by atomic mass is 35.5. The van der Waals surface area contributed by atoms with Crippen LogP contribution in [0.15, 0.2) is 88.1 Å². The summed E-state index contributed by atoms with van der Waals surface area (Å²) in [4.78, 5) is 12.6. The zero-order valence-corrected chi connectivity index (χ0v) is 18.2. The average molecular weight is 473 g/mol. The maximum Gasteiger partial charge on any atom is 0.259 e. The molecular weight excluding hydrogens is 457 g/mol. The lowest BCUT2D eigenvalue weighted by Crippen LogP contribution is -2.38. The molecule has 3 aromatic carbocycles. The largest absolute Gasteiger partial charge is 0.289 e. The van der Waals surface area contributed by atoms with E-state index in [4.69, 9.17) is 34.8 Å². The van der Waals surface area contributed by atoms with Gasteiger partial charge < -0.3 is 0 Å². The summed E-state index contributed by atoms with van der Waals surface area (Å²) in [7, 11) is 0. The molecule has 0 aliphatic rings. The van der Waals surface area contributed by atoms with Gasteiger partial charge in [0.2, 0.25) is 5.96 Å². The van der Waals surface area contributed by atoms with E-state index in [9.17, 15) is 4.79 Å². The summed E-state index contributed by atoms with van der Waals surface area (Å²) in [6.07, 6.45) is 3.07. The van der Waals surface area contributed by atoms with Gasteiger partial charge in [-0.25, -0.2) is 5.43 Å². The number of carbonyl (C=O) groups is 1. The number of hydrogen-bond acceptors (Lipinski definition) is 4. The first-order chi connectivity index (χ1) is 15.0. The second-order valence-corrected chi connectivity index (χ2v) is 7.38. The molecule has 0 radical (unpaired) electrons. The molecule has 0 saturated carbocycles. The van der Waals surface area contributed by atoms with Gasteiger partial charge in [-0.1, -0.05) is 71.2 Å². The van der Waals surface area contributed by atoms with Gasteiger partial charge in [0, 0.05) is 10.0 Å². The van der Waals surface area contributed by atoms with Crippen LogP contribution in [0.25, 0.3) is 0 Å². The molecule has 0 unspecified atom stereocenters. The van der Waals surface area contributed by atoms with Crippen LogP contribution < -0.4 is 10.7 Å². The molecule has 0 fully saturated rings. The van der Waals surface area contributed by atoms with Crippen LogP contribution in [0.3, 0.4) is 0 Å². The van der Waals surface area contributed by atoms with Crippen molar-refractivity contribution in [3.8, 4) is 0 Å². The number of benzene rings is 3. The number of halogens is 3. The van der Waals surface area contributed by atoms with E-state index in [2.05, 4.69) is 26.0 Å². The number of nitrogens with one attached hydrogen (secondary N) is 2. The average Bonchev–Trinajstić information content (AvgIpc) is 2.76. The van der Waals surface area contributed by atoms with E-state index in [0.717, 1.165) is 11.1 Å². The Morgan fingerprint density at radius 2 is 1.35 bits per heavy atom. The van der Waals surface area contributed by atoms with Crippen LogP contribution in [0.5, 0.6) is 0 Å². The molecular formula is C22H16Cl3N5O. The molecule has 0 spiro atoms. The SMILES string of the molecule is O=C(NC(=N/N=C/c1ccc(Cl)cc1)N/N=C/c1ccc(Cl)cc1)c1ccccc1Cl. The number of carbonyl (C=O) groups excluding carboxylic acids is 1. The Hall–Kier alpha value is -3.19. The van der Waals surface area contributed by atoms with Crippen LogP contribution in [0, 0.1) is 0 Å². The fraction of sp³-hybridized carbons (Fsp3) is 0. The summed E-state index contributed by atoms with van der Waals surface area (Å²) in [5.74, 6) is -0.444. The highest BCUT2D eigenvalue weighted by Crippen LogP contribution is 2.14. The minimum absolute atomic E-state index is 0.0142. The van der Waals surface area contributed by atoms with Crippen LogP contribution >= 0.6 is 34.8 Å².